The third-order valence-corrected chi connectivity index (χ3v) is 5.64. The average Bonchev–Trinajstić information content (AvgIpc) is 2.34. The highest BCUT2D eigenvalue weighted by molar-refractivity contribution is 7.89. The van der Waals surface area contributed by atoms with Crippen molar-refractivity contribution in [2.45, 2.75) is 51.0 Å². The van der Waals surface area contributed by atoms with E-state index in [9.17, 15) is 8.42 Å². The van der Waals surface area contributed by atoms with Crippen LogP contribution in [0, 0.1) is 6.92 Å². The van der Waals surface area contributed by atoms with Crippen molar-refractivity contribution < 1.29 is 8.42 Å². The molecule has 6 heteroatoms. The number of nitrogen functional groups attached to an aromatic ring is 1. The second kappa shape index (κ2) is 5.69. The third-order valence-electron chi connectivity index (χ3n) is 3.51. The maximum absolute atomic E-state index is 12.4. The number of halogens is 1. The number of nitrogens with one attached hydrogen (secondary N) is 1. The predicted octanol–water partition coefficient (Wildman–Crippen LogP) is 3.09. The van der Waals surface area contributed by atoms with Crippen LogP contribution in [0.3, 0.4) is 0 Å². The van der Waals surface area contributed by atoms with Crippen molar-refractivity contribution in [1.29, 1.82) is 0 Å². The lowest BCUT2D eigenvalue weighted by Gasteiger charge is -2.28. The van der Waals surface area contributed by atoms with Crippen LogP contribution in [-0.4, -0.2) is 14.0 Å². The molecule has 0 atom stereocenters. The largest absolute Gasteiger partial charge is 0.397 e. The lowest BCUT2D eigenvalue weighted by atomic mass is 9.98. The van der Waals surface area contributed by atoms with Crippen LogP contribution in [0.2, 0.25) is 5.02 Å². The van der Waals surface area contributed by atoms with Gasteiger partial charge in [-0.15, -0.1) is 0 Å². The molecule has 0 unspecified atom stereocenters. The van der Waals surface area contributed by atoms with Crippen LogP contribution < -0.4 is 10.5 Å². The van der Waals surface area contributed by atoms with E-state index in [0.717, 1.165) is 0 Å². The standard InChI is InChI=1S/C13H21ClN2O2S/c1-5-13(4,6-2)16-19(17,18)10-7-9(3)12(14)11(15)8-10/h7-8,16H,5-6,15H2,1-4H3. The van der Waals surface area contributed by atoms with Gasteiger partial charge in [-0.1, -0.05) is 25.4 Å². The Labute approximate surface area is 120 Å². The fourth-order valence-electron chi connectivity index (χ4n) is 1.70. The minimum atomic E-state index is -3.59. The second-order valence-corrected chi connectivity index (χ2v) is 7.08. The molecule has 0 aliphatic carbocycles. The summed E-state index contributed by atoms with van der Waals surface area (Å²) in [6.45, 7) is 7.52. The molecule has 0 heterocycles. The molecule has 0 spiro atoms. The highest BCUT2D eigenvalue weighted by Crippen LogP contribution is 2.28. The van der Waals surface area contributed by atoms with E-state index in [4.69, 9.17) is 17.3 Å². The van der Waals surface area contributed by atoms with E-state index < -0.39 is 15.6 Å². The number of aryl methyl sites for hydroxylation is 1. The lowest BCUT2D eigenvalue weighted by molar-refractivity contribution is 0.388. The quantitative estimate of drug-likeness (QED) is 0.821. The Morgan fingerprint density at radius 2 is 1.84 bits per heavy atom. The minimum absolute atomic E-state index is 0.153. The van der Waals surface area contributed by atoms with Crippen molar-refractivity contribution in [3.63, 3.8) is 0 Å². The van der Waals surface area contributed by atoms with Crippen LogP contribution in [0.5, 0.6) is 0 Å². The zero-order valence-corrected chi connectivity index (χ0v) is 13.3. The number of hydrogen-bond donors (Lipinski definition) is 2. The molecule has 0 amide bonds. The van der Waals surface area contributed by atoms with Crippen LogP contribution in [0.25, 0.3) is 0 Å². The Morgan fingerprint density at radius 3 is 2.26 bits per heavy atom. The van der Waals surface area contributed by atoms with E-state index >= 15 is 0 Å². The summed E-state index contributed by atoms with van der Waals surface area (Å²) in [4.78, 5) is 0.153. The van der Waals surface area contributed by atoms with Gasteiger partial charge >= 0.3 is 0 Å². The molecule has 0 aliphatic rings. The summed E-state index contributed by atoms with van der Waals surface area (Å²) in [7, 11) is -3.59. The Hall–Kier alpha value is -0.780. The summed E-state index contributed by atoms with van der Waals surface area (Å²) in [5, 5.41) is 0.396. The minimum Gasteiger partial charge on any atom is -0.397 e. The van der Waals surface area contributed by atoms with E-state index in [0.29, 0.717) is 23.4 Å². The van der Waals surface area contributed by atoms with Gasteiger partial charge in [0, 0.05) is 5.54 Å². The molecule has 0 aromatic heterocycles. The zero-order chi connectivity index (χ0) is 14.8. The van der Waals surface area contributed by atoms with Gasteiger partial charge in [-0.3, -0.25) is 0 Å². The number of anilines is 1. The first-order chi connectivity index (χ1) is 8.65. The summed E-state index contributed by atoms with van der Waals surface area (Å²) in [5.74, 6) is 0. The summed E-state index contributed by atoms with van der Waals surface area (Å²) in [6, 6.07) is 2.93. The number of nitrogens with two attached hydrogens (primary N) is 1. The first kappa shape index (κ1) is 16.3. The van der Waals surface area contributed by atoms with Gasteiger partial charge in [0.1, 0.15) is 0 Å². The molecule has 1 rings (SSSR count). The summed E-state index contributed by atoms with van der Waals surface area (Å²) >= 11 is 5.95. The van der Waals surface area contributed by atoms with E-state index in [2.05, 4.69) is 4.72 Å². The number of hydrogen-bond acceptors (Lipinski definition) is 3. The molecular weight excluding hydrogens is 284 g/mol. The van der Waals surface area contributed by atoms with E-state index in [-0.39, 0.29) is 10.6 Å². The normalized spacial score (nSPS) is 12.7. The summed E-state index contributed by atoms with van der Waals surface area (Å²) in [5.41, 5.74) is 6.19. The molecular formula is C13H21ClN2O2S. The van der Waals surface area contributed by atoms with Gasteiger partial charge in [0.25, 0.3) is 0 Å². The predicted molar refractivity (Wildman–Crippen MR) is 79.9 cm³/mol. The molecule has 108 valence electrons. The van der Waals surface area contributed by atoms with Crippen molar-refractivity contribution >= 4 is 27.3 Å². The first-order valence-electron chi connectivity index (χ1n) is 6.25. The van der Waals surface area contributed by atoms with Crippen molar-refractivity contribution in [3.05, 3.63) is 22.7 Å². The molecule has 1 aromatic carbocycles. The topological polar surface area (TPSA) is 72.2 Å². The average molecular weight is 305 g/mol. The lowest BCUT2D eigenvalue weighted by Crippen LogP contribution is -2.44. The maximum atomic E-state index is 12.4. The van der Waals surface area contributed by atoms with Gasteiger partial charge in [-0.2, -0.15) is 0 Å². The van der Waals surface area contributed by atoms with Crippen molar-refractivity contribution in [2.75, 3.05) is 5.73 Å². The number of benzene rings is 1. The van der Waals surface area contributed by atoms with E-state index in [1.54, 1.807) is 6.92 Å². The molecule has 4 nitrogen and oxygen atoms in total. The molecule has 1 aromatic rings. The van der Waals surface area contributed by atoms with Gasteiger partial charge in [-0.25, -0.2) is 13.1 Å². The van der Waals surface area contributed by atoms with Crippen LogP contribution >= 0.6 is 11.6 Å². The second-order valence-electron chi connectivity index (χ2n) is 5.02. The van der Waals surface area contributed by atoms with Crippen LogP contribution in [-0.2, 0) is 10.0 Å². The highest BCUT2D eigenvalue weighted by Gasteiger charge is 2.27. The molecule has 3 N–H and O–H groups in total. The molecule has 0 radical (unpaired) electrons. The Morgan fingerprint density at radius 1 is 1.32 bits per heavy atom. The van der Waals surface area contributed by atoms with Crippen molar-refractivity contribution in [1.82, 2.24) is 4.72 Å². The monoisotopic (exact) mass is 304 g/mol. The number of sulfonamides is 1. The van der Waals surface area contributed by atoms with Crippen LogP contribution in [0.4, 0.5) is 5.69 Å². The zero-order valence-electron chi connectivity index (χ0n) is 11.7. The van der Waals surface area contributed by atoms with E-state index in [1.807, 2.05) is 20.8 Å². The summed E-state index contributed by atoms with van der Waals surface area (Å²) < 4.78 is 27.5. The molecule has 19 heavy (non-hydrogen) atoms. The molecule has 0 saturated heterocycles. The Bertz CT molecular complexity index is 543. The molecule has 0 saturated carbocycles. The van der Waals surface area contributed by atoms with Crippen molar-refractivity contribution in [3.8, 4) is 0 Å². The highest BCUT2D eigenvalue weighted by atomic mass is 35.5. The smallest absolute Gasteiger partial charge is 0.241 e. The Balaban J connectivity index is 3.22. The van der Waals surface area contributed by atoms with Gasteiger partial charge in [0.15, 0.2) is 0 Å². The fourth-order valence-corrected chi connectivity index (χ4v) is 3.47. The van der Waals surface area contributed by atoms with Gasteiger partial charge in [-0.05, 0) is 44.4 Å². The van der Waals surface area contributed by atoms with Gasteiger partial charge < -0.3 is 5.73 Å². The third kappa shape index (κ3) is 3.61. The van der Waals surface area contributed by atoms with Crippen LogP contribution in [0.1, 0.15) is 39.2 Å². The van der Waals surface area contributed by atoms with Crippen molar-refractivity contribution in [2.24, 2.45) is 0 Å². The van der Waals surface area contributed by atoms with E-state index in [1.165, 1.54) is 12.1 Å². The SMILES string of the molecule is CCC(C)(CC)NS(=O)(=O)c1cc(C)c(Cl)c(N)c1. The molecule has 0 fully saturated rings. The molecule has 0 aliphatic heterocycles. The first-order valence-corrected chi connectivity index (χ1v) is 8.11. The van der Waals surface area contributed by atoms with Crippen LogP contribution in [0.15, 0.2) is 17.0 Å². The van der Waals surface area contributed by atoms with Gasteiger partial charge in [0.2, 0.25) is 10.0 Å². The molecule has 0 bridgehead atoms. The summed E-state index contributed by atoms with van der Waals surface area (Å²) in [6.07, 6.45) is 1.43. The van der Waals surface area contributed by atoms with Gasteiger partial charge in [0.05, 0.1) is 15.6 Å². The maximum Gasteiger partial charge on any atom is 0.241 e. The number of rotatable bonds is 5. The Kier molecular flexibility index (Phi) is 4.87. The fraction of sp³-hybridized carbons (Fsp3) is 0.538.